The lowest BCUT2D eigenvalue weighted by molar-refractivity contribution is 0.173. The van der Waals surface area contributed by atoms with Gasteiger partial charge in [-0.25, -0.2) is 4.98 Å². The second-order valence-corrected chi connectivity index (χ2v) is 5.23. The molecule has 3 nitrogen and oxygen atoms in total. The highest BCUT2D eigenvalue weighted by Gasteiger charge is 2.15. The van der Waals surface area contributed by atoms with Crippen molar-refractivity contribution in [3.63, 3.8) is 0 Å². The molecule has 3 heteroatoms. The monoisotopic (exact) mass is 248 g/mol. The van der Waals surface area contributed by atoms with Crippen LogP contribution in [0.5, 0.6) is 0 Å². The quantitative estimate of drug-likeness (QED) is 0.892. The van der Waals surface area contributed by atoms with Crippen LogP contribution in [0.1, 0.15) is 56.3 Å². The van der Waals surface area contributed by atoms with Gasteiger partial charge in [-0.05, 0) is 43.4 Å². The van der Waals surface area contributed by atoms with Crippen molar-refractivity contribution in [1.82, 2.24) is 4.98 Å². The van der Waals surface area contributed by atoms with Crippen LogP contribution in [0.2, 0.25) is 0 Å². The molecule has 1 atom stereocenters. The van der Waals surface area contributed by atoms with E-state index in [4.69, 9.17) is 0 Å². The standard InChI is InChI=1S/C15H24N2O/c1-3-14(18)13-10-12(2)15(16-11-13)17-8-6-4-5-7-9-17/h10-11,14,18H,3-9H2,1-2H3/t14-/m0/s1. The minimum absolute atomic E-state index is 0.380. The maximum Gasteiger partial charge on any atom is 0.131 e. The van der Waals surface area contributed by atoms with E-state index in [1.54, 1.807) is 0 Å². The van der Waals surface area contributed by atoms with E-state index < -0.39 is 0 Å². The first kappa shape index (κ1) is 13.3. The fourth-order valence-electron chi connectivity index (χ4n) is 2.62. The van der Waals surface area contributed by atoms with Crippen LogP contribution in [0.4, 0.5) is 5.82 Å². The summed E-state index contributed by atoms with van der Waals surface area (Å²) in [6, 6.07) is 2.08. The summed E-state index contributed by atoms with van der Waals surface area (Å²) in [5.74, 6) is 1.10. The van der Waals surface area contributed by atoms with E-state index in [9.17, 15) is 5.11 Å². The molecule has 1 aromatic rings. The Bertz CT molecular complexity index is 384. The van der Waals surface area contributed by atoms with Gasteiger partial charge in [0.2, 0.25) is 0 Å². The molecule has 0 bridgehead atoms. The van der Waals surface area contributed by atoms with E-state index in [1.807, 2.05) is 13.1 Å². The van der Waals surface area contributed by atoms with Gasteiger partial charge in [-0.3, -0.25) is 0 Å². The molecule has 100 valence electrons. The van der Waals surface area contributed by atoms with Gasteiger partial charge in [0.25, 0.3) is 0 Å². The lowest BCUT2D eigenvalue weighted by Crippen LogP contribution is -2.25. The molecule has 0 saturated carbocycles. The third kappa shape index (κ3) is 3.02. The molecule has 0 amide bonds. The number of aromatic nitrogens is 1. The molecule has 0 radical (unpaired) electrons. The topological polar surface area (TPSA) is 36.4 Å². The van der Waals surface area contributed by atoms with Crippen molar-refractivity contribution in [1.29, 1.82) is 0 Å². The molecule has 18 heavy (non-hydrogen) atoms. The smallest absolute Gasteiger partial charge is 0.131 e. The van der Waals surface area contributed by atoms with Gasteiger partial charge in [-0.2, -0.15) is 0 Å². The van der Waals surface area contributed by atoms with Crippen LogP contribution in [0.15, 0.2) is 12.3 Å². The molecule has 1 aromatic heterocycles. The van der Waals surface area contributed by atoms with Gasteiger partial charge in [0.05, 0.1) is 6.10 Å². The van der Waals surface area contributed by atoms with Crippen molar-refractivity contribution in [3.05, 3.63) is 23.4 Å². The van der Waals surface area contributed by atoms with Gasteiger partial charge in [0.1, 0.15) is 5.82 Å². The molecule has 0 aromatic carbocycles. The van der Waals surface area contributed by atoms with Gasteiger partial charge in [-0.1, -0.05) is 19.8 Å². The minimum atomic E-state index is -0.380. The van der Waals surface area contributed by atoms with Crippen molar-refractivity contribution >= 4 is 5.82 Å². The zero-order chi connectivity index (χ0) is 13.0. The maximum atomic E-state index is 9.85. The number of anilines is 1. The molecule has 2 rings (SSSR count). The van der Waals surface area contributed by atoms with Crippen molar-refractivity contribution in [2.75, 3.05) is 18.0 Å². The van der Waals surface area contributed by atoms with Crippen molar-refractivity contribution in [2.24, 2.45) is 0 Å². The molecule has 0 unspecified atom stereocenters. The summed E-state index contributed by atoms with van der Waals surface area (Å²) < 4.78 is 0. The molecular formula is C15H24N2O. The minimum Gasteiger partial charge on any atom is -0.388 e. The summed E-state index contributed by atoms with van der Waals surface area (Å²) in [5.41, 5.74) is 2.12. The molecule has 2 heterocycles. The number of rotatable bonds is 3. The van der Waals surface area contributed by atoms with Crippen LogP contribution >= 0.6 is 0 Å². The highest BCUT2D eigenvalue weighted by Crippen LogP contribution is 2.24. The lowest BCUT2D eigenvalue weighted by atomic mass is 10.1. The van der Waals surface area contributed by atoms with Gasteiger partial charge in [-0.15, -0.1) is 0 Å². The Morgan fingerprint density at radius 3 is 2.50 bits per heavy atom. The summed E-state index contributed by atoms with van der Waals surface area (Å²) in [5, 5.41) is 9.85. The highest BCUT2D eigenvalue weighted by molar-refractivity contribution is 5.47. The second-order valence-electron chi connectivity index (χ2n) is 5.23. The molecule has 1 aliphatic heterocycles. The van der Waals surface area contributed by atoms with Crippen LogP contribution < -0.4 is 4.90 Å². The number of hydrogen-bond acceptors (Lipinski definition) is 3. The predicted octanol–water partition coefficient (Wildman–Crippen LogP) is 3.21. The molecule has 1 aliphatic rings. The average Bonchev–Trinajstić information content (AvgIpc) is 2.66. The zero-order valence-corrected chi connectivity index (χ0v) is 11.5. The first-order valence-corrected chi connectivity index (χ1v) is 7.12. The average molecular weight is 248 g/mol. The number of aryl methyl sites for hydroxylation is 1. The zero-order valence-electron chi connectivity index (χ0n) is 11.5. The number of nitrogens with zero attached hydrogens (tertiary/aromatic N) is 2. The Kier molecular flexibility index (Phi) is 4.59. The van der Waals surface area contributed by atoms with Gasteiger partial charge in [0, 0.05) is 19.3 Å². The first-order valence-electron chi connectivity index (χ1n) is 7.12. The third-order valence-electron chi connectivity index (χ3n) is 3.75. The van der Waals surface area contributed by atoms with Crippen LogP contribution in [-0.2, 0) is 0 Å². The van der Waals surface area contributed by atoms with E-state index in [0.717, 1.165) is 30.9 Å². The Hall–Kier alpha value is -1.09. The largest absolute Gasteiger partial charge is 0.388 e. The van der Waals surface area contributed by atoms with Crippen molar-refractivity contribution < 1.29 is 5.11 Å². The summed E-state index contributed by atoms with van der Waals surface area (Å²) in [6.45, 7) is 6.31. The van der Waals surface area contributed by atoms with E-state index in [0.29, 0.717) is 0 Å². The lowest BCUT2D eigenvalue weighted by Gasteiger charge is -2.24. The van der Waals surface area contributed by atoms with Crippen molar-refractivity contribution in [3.8, 4) is 0 Å². The Morgan fingerprint density at radius 2 is 1.94 bits per heavy atom. The summed E-state index contributed by atoms with van der Waals surface area (Å²) in [4.78, 5) is 6.97. The Morgan fingerprint density at radius 1 is 1.28 bits per heavy atom. The molecule has 1 saturated heterocycles. The van der Waals surface area contributed by atoms with Crippen LogP contribution in [0.25, 0.3) is 0 Å². The van der Waals surface area contributed by atoms with Crippen molar-refractivity contribution in [2.45, 2.75) is 52.1 Å². The van der Waals surface area contributed by atoms with Crippen LogP contribution in [0, 0.1) is 6.92 Å². The van der Waals surface area contributed by atoms with Gasteiger partial charge in [0.15, 0.2) is 0 Å². The number of pyridine rings is 1. The highest BCUT2D eigenvalue weighted by atomic mass is 16.3. The predicted molar refractivity (Wildman–Crippen MR) is 74.9 cm³/mol. The first-order chi connectivity index (χ1) is 8.72. The summed E-state index contributed by atoms with van der Waals surface area (Å²) in [7, 11) is 0. The Balaban J connectivity index is 2.18. The fraction of sp³-hybridized carbons (Fsp3) is 0.667. The number of aliphatic hydroxyl groups is 1. The van der Waals surface area contributed by atoms with Gasteiger partial charge < -0.3 is 10.0 Å². The number of aliphatic hydroxyl groups excluding tert-OH is 1. The second kappa shape index (κ2) is 6.19. The maximum absolute atomic E-state index is 9.85. The Labute approximate surface area is 110 Å². The molecular weight excluding hydrogens is 224 g/mol. The summed E-state index contributed by atoms with van der Waals surface area (Å²) >= 11 is 0. The molecule has 1 fully saturated rings. The van der Waals surface area contributed by atoms with Crippen LogP contribution in [-0.4, -0.2) is 23.2 Å². The summed E-state index contributed by atoms with van der Waals surface area (Å²) in [6.07, 6.45) is 7.39. The van der Waals surface area contributed by atoms with Crippen LogP contribution in [0.3, 0.4) is 0 Å². The normalized spacial score (nSPS) is 18.5. The molecule has 0 spiro atoms. The van der Waals surface area contributed by atoms with E-state index >= 15 is 0 Å². The van der Waals surface area contributed by atoms with Gasteiger partial charge >= 0.3 is 0 Å². The SMILES string of the molecule is CC[C@H](O)c1cnc(N2CCCCCC2)c(C)c1. The molecule has 1 N–H and O–H groups in total. The van der Waals surface area contributed by atoms with E-state index in [-0.39, 0.29) is 6.10 Å². The van der Waals surface area contributed by atoms with E-state index in [2.05, 4.69) is 22.9 Å². The third-order valence-corrected chi connectivity index (χ3v) is 3.75. The fourth-order valence-corrected chi connectivity index (χ4v) is 2.62. The van der Waals surface area contributed by atoms with E-state index in [1.165, 1.54) is 31.2 Å². The number of hydrogen-bond donors (Lipinski definition) is 1. The molecule has 0 aliphatic carbocycles.